The molecule has 0 saturated carbocycles. The lowest BCUT2D eigenvalue weighted by molar-refractivity contribution is -0.149. The second kappa shape index (κ2) is 13.1. The van der Waals surface area contributed by atoms with Gasteiger partial charge < -0.3 is 39.4 Å². The Balaban J connectivity index is 1.54. The average molecular weight is 624 g/mol. The van der Waals surface area contributed by atoms with Crippen LogP contribution in [0.15, 0.2) is 42.7 Å². The van der Waals surface area contributed by atoms with E-state index in [9.17, 15) is 19.6 Å². The number of anilines is 1. The number of fused-ring (bicyclic) bond motifs is 1. The highest BCUT2D eigenvalue weighted by molar-refractivity contribution is 7.52. The fourth-order valence-corrected chi connectivity index (χ4v) is 6.04. The van der Waals surface area contributed by atoms with Crippen LogP contribution >= 0.6 is 7.75 Å². The van der Waals surface area contributed by atoms with Crippen molar-refractivity contribution < 1.29 is 47.6 Å². The molecule has 5 atom stereocenters. The number of nitrogen functional groups attached to an aromatic ring is 1. The van der Waals surface area contributed by atoms with Crippen LogP contribution in [0.1, 0.15) is 33.4 Å². The zero-order valence-corrected chi connectivity index (χ0v) is 25.5. The maximum absolute atomic E-state index is 14.0. The summed E-state index contributed by atoms with van der Waals surface area (Å²) in [5.41, 5.74) is 3.06. The molecule has 1 aliphatic heterocycles. The van der Waals surface area contributed by atoms with Gasteiger partial charge in [0, 0.05) is 7.11 Å². The summed E-state index contributed by atoms with van der Waals surface area (Å²) < 4.78 is 48.5. The van der Waals surface area contributed by atoms with Gasteiger partial charge in [-0.05, 0) is 64.1 Å². The molecule has 1 saturated heterocycles. The summed E-state index contributed by atoms with van der Waals surface area (Å²) in [4.78, 5) is 16.4. The minimum Gasteiger partial charge on any atom is -0.491 e. The third kappa shape index (κ3) is 7.27. The van der Waals surface area contributed by atoms with E-state index in [0.717, 1.165) is 0 Å². The zero-order chi connectivity index (χ0) is 31.4. The van der Waals surface area contributed by atoms with Crippen molar-refractivity contribution >= 4 is 25.1 Å². The number of ether oxygens (including phenoxy) is 4. The number of nitrogens with two attached hydrogens (primary N) is 1. The molecule has 0 radical (unpaired) electrons. The molecule has 0 amide bonds. The van der Waals surface area contributed by atoms with Gasteiger partial charge in [0.05, 0.1) is 31.6 Å². The number of nitrogens with zero attached hydrogens (tertiary/aromatic N) is 3. The van der Waals surface area contributed by atoms with Gasteiger partial charge in [0.2, 0.25) is 0 Å². The van der Waals surface area contributed by atoms with E-state index in [2.05, 4.69) is 15.2 Å². The van der Waals surface area contributed by atoms with E-state index in [1.807, 2.05) is 0 Å². The number of aromatic nitrogens is 3. The predicted octanol–water partition coefficient (Wildman–Crippen LogP) is 1.81. The van der Waals surface area contributed by atoms with E-state index < -0.39 is 49.8 Å². The van der Waals surface area contributed by atoms with Crippen LogP contribution in [-0.2, 0) is 33.7 Å². The number of methoxy groups -OCH3 is 1. The maximum Gasteiger partial charge on any atom is 0.459 e. The number of esters is 1. The number of nitrogens with one attached hydrogen (secondary N) is 1. The molecule has 3 heterocycles. The number of hydrogen-bond acceptors (Lipinski definition) is 13. The van der Waals surface area contributed by atoms with E-state index in [1.165, 1.54) is 36.8 Å². The van der Waals surface area contributed by atoms with Gasteiger partial charge in [-0.25, -0.2) is 14.1 Å². The Bertz CT molecular complexity index is 1450. The molecule has 43 heavy (non-hydrogen) atoms. The van der Waals surface area contributed by atoms with Gasteiger partial charge in [-0.15, -0.1) is 0 Å². The number of carbonyl (C=O) groups excluding carboxylic acids is 1. The van der Waals surface area contributed by atoms with Crippen molar-refractivity contribution in [3.8, 4) is 11.5 Å². The highest BCUT2D eigenvalue weighted by Gasteiger charge is 2.58. The van der Waals surface area contributed by atoms with Crippen molar-refractivity contribution in [3.05, 3.63) is 48.4 Å². The van der Waals surface area contributed by atoms with Crippen molar-refractivity contribution in [1.29, 1.82) is 0 Å². The lowest BCUT2D eigenvalue weighted by Crippen LogP contribution is -2.50. The van der Waals surface area contributed by atoms with Gasteiger partial charge in [-0.3, -0.25) is 9.32 Å². The molecular weight excluding hydrogens is 585 g/mol. The topological polar surface area (TPSA) is 198 Å². The van der Waals surface area contributed by atoms with Gasteiger partial charge in [-0.1, -0.05) is 0 Å². The molecule has 1 aliphatic rings. The van der Waals surface area contributed by atoms with Gasteiger partial charge >= 0.3 is 13.7 Å². The van der Waals surface area contributed by atoms with Crippen molar-refractivity contribution in [3.63, 3.8) is 0 Å². The Kier molecular flexibility index (Phi) is 9.96. The molecule has 4 rings (SSSR count). The van der Waals surface area contributed by atoms with Gasteiger partial charge in [0.1, 0.15) is 47.7 Å². The third-order valence-corrected chi connectivity index (χ3v) is 8.39. The average Bonchev–Trinajstić information content (AvgIpc) is 3.50. The highest BCUT2D eigenvalue weighted by Crippen LogP contribution is 2.48. The molecule has 16 heteroatoms. The van der Waals surface area contributed by atoms with Crippen LogP contribution in [0.5, 0.6) is 11.5 Å². The molecule has 5 N–H and O–H groups in total. The first kappa shape index (κ1) is 32.6. The van der Waals surface area contributed by atoms with Crippen LogP contribution < -0.4 is 20.1 Å². The fraction of sp³-hybridized carbons (Fsp3) is 0.519. The molecule has 236 valence electrons. The highest BCUT2D eigenvalue weighted by atomic mass is 31.2. The van der Waals surface area contributed by atoms with Crippen molar-refractivity contribution in [2.45, 2.75) is 57.1 Å². The summed E-state index contributed by atoms with van der Waals surface area (Å²) in [7, 11) is -2.77. The molecule has 2 aromatic heterocycles. The molecule has 0 bridgehead atoms. The van der Waals surface area contributed by atoms with E-state index >= 15 is 0 Å². The van der Waals surface area contributed by atoms with E-state index in [0.29, 0.717) is 24.5 Å². The van der Waals surface area contributed by atoms with Gasteiger partial charge in [0.25, 0.3) is 0 Å². The monoisotopic (exact) mass is 623 g/mol. The Morgan fingerprint density at radius 1 is 1.21 bits per heavy atom. The lowest BCUT2D eigenvalue weighted by Gasteiger charge is -2.33. The zero-order valence-electron chi connectivity index (χ0n) is 24.6. The quantitative estimate of drug-likeness (QED) is 0.115. The first-order chi connectivity index (χ1) is 20.3. The Hall–Kier alpha value is -3.30. The largest absolute Gasteiger partial charge is 0.491 e. The number of aliphatic hydroxyl groups is 2. The van der Waals surface area contributed by atoms with Crippen LogP contribution in [0.3, 0.4) is 0 Å². The second-order valence-electron chi connectivity index (χ2n) is 10.6. The molecule has 3 aromatic rings. The summed E-state index contributed by atoms with van der Waals surface area (Å²) >= 11 is 0. The summed E-state index contributed by atoms with van der Waals surface area (Å²) in [5.74, 6) is 0.184. The molecule has 1 aromatic carbocycles. The third-order valence-electron chi connectivity index (χ3n) is 6.76. The number of carbonyl (C=O) groups is 1. The SMILES string of the molecule is COCCOc1ccc(OP(=O)(N[C@@H](C)C(=O)OC(C)C)OC[C@@]2(C)OCC(O)(c3ccc4c(N)ncnn34)[C@@H]2O)cc1. The minimum atomic E-state index is -4.33. The summed E-state index contributed by atoms with van der Waals surface area (Å²) in [6, 6.07) is 8.32. The van der Waals surface area contributed by atoms with Crippen molar-refractivity contribution in [1.82, 2.24) is 19.7 Å². The predicted molar refractivity (Wildman–Crippen MR) is 153 cm³/mol. The Morgan fingerprint density at radius 3 is 2.58 bits per heavy atom. The standard InChI is InChI=1S/C27H38N5O10P/c1-17(2)41-24(33)18(3)31-43(36,42-20-8-6-19(7-9-20)38-13-12-37-5)40-14-26(4)25(34)27(35,15-39-26)22-11-10-21-23(28)29-16-30-32(21)22/h6-11,16-18,25,34-35H,12-15H2,1-5H3,(H,31,36)(H2,28,29,30)/t18-,25+,26+,27?,43?/m0/s1. The summed E-state index contributed by atoms with van der Waals surface area (Å²) in [6.07, 6.45) is -0.759. The molecule has 0 aliphatic carbocycles. The summed E-state index contributed by atoms with van der Waals surface area (Å²) in [5, 5.41) is 29.6. The molecule has 15 nitrogen and oxygen atoms in total. The number of benzene rings is 1. The summed E-state index contributed by atoms with van der Waals surface area (Å²) in [6.45, 7) is 6.19. The van der Waals surface area contributed by atoms with Crippen molar-refractivity contribution in [2.75, 3.05) is 39.3 Å². The fourth-order valence-electron chi connectivity index (χ4n) is 4.46. The molecule has 1 fully saturated rings. The van der Waals surface area contributed by atoms with Crippen LogP contribution in [0.25, 0.3) is 5.52 Å². The number of rotatable bonds is 14. The van der Waals surface area contributed by atoms with Crippen LogP contribution in [0.2, 0.25) is 0 Å². The van der Waals surface area contributed by atoms with Crippen LogP contribution in [0.4, 0.5) is 5.82 Å². The molecule has 0 spiro atoms. The Labute approximate surface area is 248 Å². The number of aliphatic hydroxyl groups excluding tert-OH is 1. The van der Waals surface area contributed by atoms with Gasteiger partial charge in [0.15, 0.2) is 11.4 Å². The smallest absolute Gasteiger partial charge is 0.459 e. The lowest BCUT2D eigenvalue weighted by atomic mass is 9.86. The first-order valence-electron chi connectivity index (χ1n) is 13.6. The van der Waals surface area contributed by atoms with Crippen LogP contribution in [-0.4, -0.2) is 88.2 Å². The molecule has 2 unspecified atom stereocenters. The van der Waals surface area contributed by atoms with E-state index in [-0.39, 0.29) is 23.9 Å². The van der Waals surface area contributed by atoms with E-state index in [4.69, 9.17) is 33.7 Å². The Morgan fingerprint density at radius 2 is 1.91 bits per heavy atom. The molecular formula is C27H38N5O10P. The maximum atomic E-state index is 14.0. The van der Waals surface area contributed by atoms with Crippen molar-refractivity contribution in [2.24, 2.45) is 0 Å². The normalized spacial score (nSPS) is 24.1. The van der Waals surface area contributed by atoms with Gasteiger partial charge in [-0.2, -0.15) is 10.2 Å². The van der Waals surface area contributed by atoms with Crippen LogP contribution in [0, 0.1) is 0 Å². The van der Waals surface area contributed by atoms with E-state index in [1.54, 1.807) is 45.2 Å². The second-order valence-corrected chi connectivity index (χ2v) is 12.3. The first-order valence-corrected chi connectivity index (χ1v) is 15.1. The number of hydrogen-bond donors (Lipinski definition) is 4. The minimum absolute atomic E-state index is 0.144.